The molecule has 0 aromatic heterocycles. The monoisotopic (exact) mass is 520 g/mol. The molecule has 162 valence electrons. The van der Waals surface area contributed by atoms with Gasteiger partial charge in [-0.2, -0.15) is 0 Å². The SMILES string of the molecule is CCNC(=NCCCN1CCCCCC1=O)NC1CC1c1c(F)cccc1F.I. The van der Waals surface area contributed by atoms with Gasteiger partial charge in [0, 0.05) is 50.1 Å². The molecule has 1 aliphatic carbocycles. The van der Waals surface area contributed by atoms with Gasteiger partial charge < -0.3 is 15.5 Å². The topological polar surface area (TPSA) is 56.7 Å². The van der Waals surface area contributed by atoms with Crippen molar-refractivity contribution in [3.8, 4) is 0 Å². The van der Waals surface area contributed by atoms with Gasteiger partial charge in [-0.05, 0) is 44.7 Å². The second-order valence-electron chi connectivity index (χ2n) is 7.53. The molecule has 0 bridgehead atoms. The first-order valence-corrected chi connectivity index (χ1v) is 10.4. The Labute approximate surface area is 188 Å². The Morgan fingerprint density at radius 3 is 2.72 bits per heavy atom. The van der Waals surface area contributed by atoms with Crippen molar-refractivity contribution in [2.24, 2.45) is 4.99 Å². The number of carbonyl (C=O) groups is 1. The number of guanidine groups is 1. The highest BCUT2D eigenvalue weighted by atomic mass is 127. The third kappa shape index (κ3) is 6.79. The molecule has 1 amide bonds. The molecule has 0 spiro atoms. The van der Waals surface area contributed by atoms with Crippen molar-refractivity contribution < 1.29 is 13.6 Å². The Morgan fingerprint density at radius 2 is 2.00 bits per heavy atom. The molecule has 2 atom stereocenters. The molecule has 8 heteroatoms. The number of nitrogens with one attached hydrogen (secondary N) is 2. The van der Waals surface area contributed by atoms with Gasteiger partial charge in [0.1, 0.15) is 11.6 Å². The molecular weight excluding hydrogens is 489 g/mol. The number of hydrogen-bond acceptors (Lipinski definition) is 2. The Bertz CT molecular complexity index is 696. The van der Waals surface area contributed by atoms with Gasteiger partial charge in [-0.15, -0.1) is 24.0 Å². The highest BCUT2D eigenvalue weighted by molar-refractivity contribution is 14.0. The van der Waals surface area contributed by atoms with Gasteiger partial charge in [-0.25, -0.2) is 8.78 Å². The molecule has 5 nitrogen and oxygen atoms in total. The predicted molar refractivity (Wildman–Crippen MR) is 122 cm³/mol. The lowest BCUT2D eigenvalue weighted by molar-refractivity contribution is -0.130. The minimum Gasteiger partial charge on any atom is -0.357 e. The van der Waals surface area contributed by atoms with Crippen LogP contribution in [0.1, 0.15) is 56.9 Å². The van der Waals surface area contributed by atoms with Gasteiger partial charge in [0.05, 0.1) is 0 Å². The molecule has 1 saturated carbocycles. The maximum absolute atomic E-state index is 13.9. The van der Waals surface area contributed by atoms with Crippen LogP contribution in [0.15, 0.2) is 23.2 Å². The summed E-state index contributed by atoms with van der Waals surface area (Å²) in [5.41, 5.74) is 0.163. The Morgan fingerprint density at radius 1 is 1.24 bits per heavy atom. The summed E-state index contributed by atoms with van der Waals surface area (Å²) in [4.78, 5) is 18.5. The first kappa shape index (κ1) is 23.8. The van der Waals surface area contributed by atoms with Gasteiger partial charge in [0.25, 0.3) is 0 Å². The van der Waals surface area contributed by atoms with Crippen LogP contribution in [0.2, 0.25) is 0 Å². The molecule has 2 aliphatic rings. The van der Waals surface area contributed by atoms with Gasteiger partial charge in [0.2, 0.25) is 5.91 Å². The van der Waals surface area contributed by atoms with Gasteiger partial charge in [0.15, 0.2) is 5.96 Å². The molecule has 1 aliphatic heterocycles. The summed E-state index contributed by atoms with van der Waals surface area (Å²) in [6, 6.07) is 3.98. The molecule has 0 radical (unpaired) electrons. The first-order chi connectivity index (χ1) is 13.6. The lowest BCUT2D eigenvalue weighted by Gasteiger charge is -2.20. The molecule has 3 rings (SSSR count). The third-order valence-electron chi connectivity index (χ3n) is 5.35. The Hall–Kier alpha value is -1.45. The number of aliphatic imine (C=N–C) groups is 1. The van der Waals surface area contributed by atoms with E-state index in [-0.39, 0.29) is 47.4 Å². The van der Waals surface area contributed by atoms with Crippen LogP contribution >= 0.6 is 24.0 Å². The van der Waals surface area contributed by atoms with Crippen molar-refractivity contribution in [3.63, 3.8) is 0 Å². The summed E-state index contributed by atoms with van der Waals surface area (Å²) in [5.74, 6) is -0.232. The zero-order valence-electron chi connectivity index (χ0n) is 16.9. The van der Waals surface area contributed by atoms with Crippen molar-refractivity contribution in [2.75, 3.05) is 26.2 Å². The van der Waals surface area contributed by atoms with Crippen LogP contribution in [0.25, 0.3) is 0 Å². The molecule has 2 unspecified atom stereocenters. The van der Waals surface area contributed by atoms with Crippen molar-refractivity contribution in [2.45, 2.75) is 57.4 Å². The maximum Gasteiger partial charge on any atom is 0.222 e. The maximum atomic E-state index is 13.9. The van der Waals surface area contributed by atoms with E-state index >= 15 is 0 Å². The summed E-state index contributed by atoms with van der Waals surface area (Å²) in [7, 11) is 0. The zero-order chi connectivity index (χ0) is 19.9. The molecule has 1 heterocycles. The van der Waals surface area contributed by atoms with E-state index in [4.69, 9.17) is 0 Å². The Kier molecular flexibility index (Phi) is 9.58. The summed E-state index contributed by atoms with van der Waals surface area (Å²) in [6.45, 7) is 4.87. The lowest BCUT2D eigenvalue weighted by atomic mass is 10.1. The summed E-state index contributed by atoms with van der Waals surface area (Å²) in [6.07, 6.45) is 5.34. The Balaban J connectivity index is 0.00000300. The number of likely N-dealkylation sites (tertiary alicyclic amines) is 1. The highest BCUT2D eigenvalue weighted by Gasteiger charge is 2.42. The molecule has 1 saturated heterocycles. The molecule has 1 aromatic rings. The third-order valence-corrected chi connectivity index (χ3v) is 5.35. The standard InChI is InChI=1S/C21H30F2N4O.HI/c1-2-24-21(25-11-7-13-27-12-5-3-4-10-19(27)28)26-18-14-15(18)20-16(22)8-6-9-17(20)23;/h6,8-9,15,18H,2-5,7,10-14H2,1H3,(H2,24,25,26);1H. The van der Waals surface area contributed by atoms with Crippen LogP contribution in [0.4, 0.5) is 8.78 Å². The van der Waals surface area contributed by atoms with Crippen LogP contribution in [0.5, 0.6) is 0 Å². The molecule has 1 aromatic carbocycles. The highest BCUT2D eigenvalue weighted by Crippen LogP contribution is 2.43. The predicted octanol–water partition coefficient (Wildman–Crippen LogP) is 3.79. The number of halogens is 3. The largest absolute Gasteiger partial charge is 0.357 e. The van der Waals surface area contributed by atoms with E-state index in [2.05, 4.69) is 15.6 Å². The number of benzene rings is 1. The average molecular weight is 520 g/mol. The van der Waals surface area contributed by atoms with E-state index in [1.54, 1.807) is 0 Å². The number of carbonyl (C=O) groups excluding carboxylic acids is 1. The fourth-order valence-electron chi connectivity index (χ4n) is 3.76. The number of amides is 1. The van der Waals surface area contributed by atoms with Gasteiger partial charge >= 0.3 is 0 Å². The summed E-state index contributed by atoms with van der Waals surface area (Å²) < 4.78 is 27.9. The van der Waals surface area contributed by atoms with E-state index in [0.717, 1.165) is 38.8 Å². The lowest BCUT2D eigenvalue weighted by Crippen LogP contribution is -2.39. The van der Waals surface area contributed by atoms with Gasteiger partial charge in [-0.3, -0.25) is 9.79 Å². The zero-order valence-corrected chi connectivity index (χ0v) is 19.3. The van der Waals surface area contributed by atoms with Crippen molar-refractivity contribution in [1.29, 1.82) is 0 Å². The van der Waals surface area contributed by atoms with Crippen LogP contribution in [-0.2, 0) is 4.79 Å². The fourth-order valence-corrected chi connectivity index (χ4v) is 3.76. The number of nitrogens with zero attached hydrogens (tertiary/aromatic N) is 2. The smallest absolute Gasteiger partial charge is 0.222 e. The second-order valence-corrected chi connectivity index (χ2v) is 7.53. The van der Waals surface area contributed by atoms with E-state index in [9.17, 15) is 13.6 Å². The van der Waals surface area contributed by atoms with Crippen molar-refractivity contribution >= 4 is 35.8 Å². The molecule has 2 N–H and O–H groups in total. The van der Waals surface area contributed by atoms with E-state index in [1.165, 1.54) is 18.2 Å². The van der Waals surface area contributed by atoms with Crippen LogP contribution in [-0.4, -0.2) is 49.0 Å². The normalized spacial score (nSPS) is 22.0. The van der Waals surface area contributed by atoms with Crippen LogP contribution < -0.4 is 10.6 Å². The number of hydrogen-bond donors (Lipinski definition) is 2. The fraction of sp³-hybridized carbons (Fsp3) is 0.619. The van der Waals surface area contributed by atoms with E-state index in [0.29, 0.717) is 31.9 Å². The van der Waals surface area contributed by atoms with E-state index in [1.807, 2.05) is 11.8 Å². The molecular formula is C21H31F2IN4O. The first-order valence-electron chi connectivity index (χ1n) is 10.4. The summed E-state index contributed by atoms with van der Waals surface area (Å²) in [5, 5.41) is 6.46. The van der Waals surface area contributed by atoms with Crippen LogP contribution in [0, 0.1) is 11.6 Å². The summed E-state index contributed by atoms with van der Waals surface area (Å²) >= 11 is 0. The van der Waals surface area contributed by atoms with Crippen molar-refractivity contribution in [1.82, 2.24) is 15.5 Å². The minimum absolute atomic E-state index is 0. The molecule has 2 fully saturated rings. The quantitative estimate of drug-likeness (QED) is 0.249. The van der Waals surface area contributed by atoms with Gasteiger partial charge in [-0.1, -0.05) is 12.5 Å². The van der Waals surface area contributed by atoms with E-state index < -0.39 is 11.6 Å². The number of rotatable bonds is 7. The second kappa shape index (κ2) is 11.7. The van der Waals surface area contributed by atoms with Crippen LogP contribution in [0.3, 0.4) is 0 Å². The molecule has 29 heavy (non-hydrogen) atoms. The van der Waals surface area contributed by atoms with Crippen molar-refractivity contribution in [3.05, 3.63) is 35.4 Å². The minimum atomic E-state index is -0.488. The average Bonchev–Trinajstić information content (AvgIpc) is 3.43.